The van der Waals surface area contributed by atoms with Crippen LogP contribution in [-0.4, -0.2) is 6.04 Å². The second-order valence-electron chi connectivity index (χ2n) is 7.20. The lowest BCUT2D eigenvalue weighted by Gasteiger charge is -2.22. The summed E-state index contributed by atoms with van der Waals surface area (Å²) in [7, 11) is 0. The Morgan fingerprint density at radius 2 is 1.64 bits per heavy atom. The Kier molecular flexibility index (Phi) is 10.5. The molecule has 1 aliphatic rings. The highest BCUT2D eigenvalue weighted by atomic mass is 79.9. The van der Waals surface area contributed by atoms with E-state index in [9.17, 15) is 0 Å². The zero-order valence-corrected chi connectivity index (χ0v) is 19.8. The molecule has 0 aromatic heterocycles. The smallest absolute Gasteiger partial charge is 0.124 e. The van der Waals surface area contributed by atoms with Crippen LogP contribution in [0.3, 0.4) is 0 Å². The van der Waals surface area contributed by atoms with Crippen molar-refractivity contribution in [3.63, 3.8) is 0 Å². The first-order valence-electron chi connectivity index (χ1n) is 9.70. The quantitative estimate of drug-likeness (QED) is 0.428. The Balaban J connectivity index is 0.00000280. The largest absolute Gasteiger partial charge is 0.489 e. The minimum absolute atomic E-state index is 0. The zero-order valence-electron chi connectivity index (χ0n) is 15.9. The molecule has 154 valence electrons. The minimum atomic E-state index is 0. The van der Waals surface area contributed by atoms with Crippen LogP contribution in [0.4, 0.5) is 0 Å². The van der Waals surface area contributed by atoms with Crippen molar-refractivity contribution in [1.29, 1.82) is 0 Å². The first kappa shape index (κ1) is 23.8. The van der Waals surface area contributed by atoms with Gasteiger partial charge in [0.1, 0.15) is 12.4 Å². The summed E-state index contributed by atoms with van der Waals surface area (Å²) >= 11 is 15.8. The summed E-state index contributed by atoms with van der Waals surface area (Å²) in [6.07, 6.45) is 9.32. The van der Waals surface area contributed by atoms with Gasteiger partial charge in [-0.25, -0.2) is 0 Å². The minimum Gasteiger partial charge on any atom is -0.489 e. The summed E-state index contributed by atoms with van der Waals surface area (Å²) in [6.45, 7) is 1.24. The molecule has 1 N–H and O–H groups in total. The van der Waals surface area contributed by atoms with Crippen molar-refractivity contribution in [3.05, 3.63) is 62.0 Å². The number of nitrogens with one attached hydrogen (secondary N) is 1. The molecule has 0 radical (unpaired) electrons. The first-order valence-corrected chi connectivity index (χ1v) is 11.3. The van der Waals surface area contributed by atoms with Gasteiger partial charge in [-0.15, -0.1) is 12.4 Å². The molecule has 1 aliphatic carbocycles. The maximum Gasteiger partial charge on any atom is 0.124 e. The second kappa shape index (κ2) is 12.3. The van der Waals surface area contributed by atoms with E-state index >= 15 is 0 Å². The van der Waals surface area contributed by atoms with Crippen molar-refractivity contribution in [2.45, 2.75) is 64.1 Å². The lowest BCUT2D eigenvalue weighted by molar-refractivity contribution is 0.300. The predicted molar refractivity (Wildman–Crippen MR) is 125 cm³/mol. The summed E-state index contributed by atoms with van der Waals surface area (Å²) in [5.41, 5.74) is 2.10. The molecule has 0 bridgehead atoms. The molecular formula is C22H27BrCl3NO. The molecule has 28 heavy (non-hydrogen) atoms. The molecule has 2 aromatic carbocycles. The number of hydrogen-bond donors (Lipinski definition) is 1. The zero-order chi connectivity index (χ0) is 19.1. The second-order valence-corrected chi connectivity index (χ2v) is 8.96. The highest BCUT2D eigenvalue weighted by molar-refractivity contribution is 9.10. The Morgan fingerprint density at radius 1 is 0.929 bits per heavy atom. The van der Waals surface area contributed by atoms with Crippen molar-refractivity contribution < 1.29 is 4.74 Å². The number of rotatable bonds is 6. The molecule has 2 nitrogen and oxygen atoms in total. The molecular weight excluding hydrogens is 481 g/mol. The van der Waals surface area contributed by atoms with Gasteiger partial charge in [0.15, 0.2) is 0 Å². The molecule has 6 heteroatoms. The van der Waals surface area contributed by atoms with E-state index in [0.29, 0.717) is 22.7 Å². The fourth-order valence-electron chi connectivity index (χ4n) is 3.54. The highest BCUT2D eigenvalue weighted by Crippen LogP contribution is 2.27. The Morgan fingerprint density at radius 3 is 2.36 bits per heavy atom. The summed E-state index contributed by atoms with van der Waals surface area (Å²) in [6, 6.07) is 12.3. The number of halogens is 4. The van der Waals surface area contributed by atoms with Crippen LogP contribution in [0.5, 0.6) is 5.75 Å². The van der Waals surface area contributed by atoms with Gasteiger partial charge in [0.05, 0.1) is 0 Å². The Bertz CT molecular complexity index is 749. The maximum absolute atomic E-state index is 6.27. The van der Waals surface area contributed by atoms with Crippen LogP contribution < -0.4 is 10.1 Å². The van der Waals surface area contributed by atoms with Gasteiger partial charge in [-0.05, 0) is 43.2 Å². The summed E-state index contributed by atoms with van der Waals surface area (Å²) in [5.74, 6) is 0.891. The van der Waals surface area contributed by atoms with Gasteiger partial charge in [-0.2, -0.15) is 0 Å². The summed E-state index contributed by atoms with van der Waals surface area (Å²) in [5, 5.41) is 5.01. The number of hydrogen-bond acceptors (Lipinski definition) is 2. The van der Waals surface area contributed by atoms with Crippen molar-refractivity contribution in [2.24, 2.45) is 0 Å². The average molecular weight is 508 g/mol. The molecule has 1 fully saturated rings. The van der Waals surface area contributed by atoms with Gasteiger partial charge in [-0.1, -0.05) is 77.3 Å². The molecule has 1 saturated carbocycles. The van der Waals surface area contributed by atoms with E-state index in [0.717, 1.165) is 27.9 Å². The van der Waals surface area contributed by atoms with Crippen molar-refractivity contribution in [2.75, 3.05) is 0 Å². The van der Waals surface area contributed by atoms with E-state index in [1.807, 2.05) is 24.3 Å². The first-order chi connectivity index (χ1) is 13.1. The van der Waals surface area contributed by atoms with E-state index in [1.54, 1.807) is 6.07 Å². The monoisotopic (exact) mass is 505 g/mol. The van der Waals surface area contributed by atoms with E-state index in [2.05, 4.69) is 27.3 Å². The normalized spacial score (nSPS) is 15.4. The number of ether oxygens (including phenoxy) is 1. The van der Waals surface area contributed by atoms with Crippen LogP contribution in [0.15, 0.2) is 40.9 Å². The van der Waals surface area contributed by atoms with Gasteiger partial charge in [0.2, 0.25) is 0 Å². The van der Waals surface area contributed by atoms with E-state index in [4.69, 9.17) is 27.9 Å². The molecule has 2 aromatic rings. The van der Waals surface area contributed by atoms with Crippen LogP contribution in [0, 0.1) is 0 Å². The van der Waals surface area contributed by atoms with Gasteiger partial charge >= 0.3 is 0 Å². The fourth-order valence-corrected chi connectivity index (χ4v) is 4.41. The summed E-state index contributed by atoms with van der Waals surface area (Å²) in [4.78, 5) is 0. The SMILES string of the molecule is Cl.Clc1ccc(COc2ccc(Br)cc2CNC2CCCCCCC2)c(Cl)c1. The van der Waals surface area contributed by atoms with Crippen molar-refractivity contribution in [3.8, 4) is 5.75 Å². The molecule has 0 unspecified atom stereocenters. The van der Waals surface area contributed by atoms with Gasteiger partial charge in [0, 0.05) is 38.2 Å². The molecule has 0 saturated heterocycles. The molecule has 0 aliphatic heterocycles. The van der Waals surface area contributed by atoms with Gasteiger partial charge in [0.25, 0.3) is 0 Å². The molecule has 0 heterocycles. The molecule has 0 spiro atoms. The standard InChI is InChI=1S/C22H26BrCl2NO.ClH/c23-18-9-11-22(27-15-16-8-10-19(24)13-21(16)25)17(12-18)14-26-20-6-4-2-1-3-5-7-20;/h8-13,20,26H,1-7,14-15H2;1H. The Hall–Kier alpha value is -0.450. The van der Waals surface area contributed by atoms with E-state index < -0.39 is 0 Å². The maximum atomic E-state index is 6.27. The fraction of sp³-hybridized carbons (Fsp3) is 0.455. The summed E-state index contributed by atoms with van der Waals surface area (Å²) < 4.78 is 7.16. The van der Waals surface area contributed by atoms with Gasteiger partial charge < -0.3 is 10.1 Å². The third-order valence-corrected chi connectivity index (χ3v) is 6.19. The van der Waals surface area contributed by atoms with Crippen LogP contribution in [0.1, 0.15) is 56.1 Å². The lowest BCUT2D eigenvalue weighted by Crippen LogP contribution is -2.29. The molecule has 3 rings (SSSR count). The third kappa shape index (κ3) is 7.42. The Labute approximate surface area is 192 Å². The third-order valence-electron chi connectivity index (χ3n) is 5.11. The highest BCUT2D eigenvalue weighted by Gasteiger charge is 2.13. The van der Waals surface area contributed by atoms with Crippen molar-refractivity contribution >= 4 is 51.5 Å². The molecule has 0 amide bonds. The number of benzene rings is 2. The van der Waals surface area contributed by atoms with Crippen molar-refractivity contribution in [1.82, 2.24) is 5.32 Å². The van der Waals surface area contributed by atoms with E-state index in [1.165, 1.54) is 44.9 Å². The van der Waals surface area contributed by atoms with E-state index in [-0.39, 0.29) is 12.4 Å². The van der Waals surface area contributed by atoms with Gasteiger partial charge in [-0.3, -0.25) is 0 Å². The van der Waals surface area contributed by atoms with Crippen LogP contribution >= 0.6 is 51.5 Å². The van der Waals surface area contributed by atoms with Crippen LogP contribution in [0.25, 0.3) is 0 Å². The molecule has 0 atom stereocenters. The predicted octanol–water partition coefficient (Wildman–Crippen LogP) is 7.96. The van der Waals surface area contributed by atoms with Crippen LogP contribution in [-0.2, 0) is 13.2 Å². The lowest BCUT2D eigenvalue weighted by atomic mass is 9.96. The topological polar surface area (TPSA) is 21.3 Å². The van der Waals surface area contributed by atoms with Crippen LogP contribution in [0.2, 0.25) is 10.0 Å². The average Bonchev–Trinajstić information content (AvgIpc) is 2.61.